The third-order valence-corrected chi connectivity index (χ3v) is 5.39. The number of hydrogen-bond donors (Lipinski definition) is 1. The van der Waals surface area contributed by atoms with Crippen molar-refractivity contribution in [1.29, 1.82) is 0 Å². The van der Waals surface area contributed by atoms with Gasteiger partial charge >= 0.3 is 0 Å². The van der Waals surface area contributed by atoms with Crippen molar-refractivity contribution in [2.45, 2.75) is 66.3 Å². The van der Waals surface area contributed by atoms with E-state index in [0.717, 1.165) is 25.2 Å². The van der Waals surface area contributed by atoms with Gasteiger partial charge in [-0.3, -0.25) is 4.68 Å². The average Bonchev–Trinajstić information content (AvgIpc) is 2.72. The number of halogens is 1. The first kappa shape index (κ1) is 17.7. The maximum atomic E-state index is 4.64. The Labute approximate surface area is 132 Å². The molecule has 0 saturated carbocycles. The first-order valence-electron chi connectivity index (χ1n) is 7.90. The van der Waals surface area contributed by atoms with Gasteiger partial charge in [0, 0.05) is 13.1 Å². The van der Waals surface area contributed by atoms with Gasteiger partial charge in [-0.15, -0.1) is 0 Å². The minimum absolute atomic E-state index is 0.340. The molecule has 1 N–H and O–H groups in total. The predicted molar refractivity (Wildman–Crippen MR) is 90.2 cm³/mol. The van der Waals surface area contributed by atoms with Crippen LogP contribution in [0.4, 0.5) is 0 Å². The van der Waals surface area contributed by atoms with Crippen LogP contribution in [0.2, 0.25) is 0 Å². The molecular formula is C16H30BrN3. The molecule has 1 aromatic rings. The third kappa shape index (κ3) is 4.08. The molecule has 0 saturated heterocycles. The largest absolute Gasteiger partial charge is 0.319 e. The number of unbranched alkanes of at least 4 members (excludes halogenated alkanes) is 1. The number of aryl methyl sites for hydroxylation is 2. The smallest absolute Gasteiger partial charge is 0.0738 e. The van der Waals surface area contributed by atoms with Crippen molar-refractivity contribution in [2.24, 2.45) is 5.41 Å². The molecule has 1 aromatic heterocycles. The second-order valence-electron chi connectivity index (χ2n) is 5.83. The minimum Gasteiger partial charge on any atom is -0.319 e. The highest BCUT2D eigenvalue weighted by molar-refractivity contribution is 9.10. The lowest BCUT2D eigenvalue weighted by atomic mass is 9.76. The molecule has 20 heavy (non-hydrogen) atoms. The number of aromatic nitrogens is 2. The zero-order chi connectivity index (χ0) is 15.2. The van der Waals surface area contributed by atoms with Gasteiger partial charge < -0.3 is 5.32 Å². The van der Waals surface area contributed by atoms with E-state index in [4.69, 9.17) is 0 Å². The summed E-state index contributed by atoms with van der Waals surface area (Å²) in [4.78, 5) is 0. The maximum Gasteiger partial charge on any atom is 0.0738 e. The van der Waals surface area contributed by atoms with Crippen LogP contribution in [0.3, 0.4) is 0 Å². The van der Waals surface area contributed by atoms with E-state index >= 15 is 0 Å². The zero-order valence-corrected chi connectivity index (χ0v) is 15.3. The standard InChI is InChI=1S/C16H30BrN3/c1-6-9-10-16(7-2,12-18-5)11-14-15(17)13(4)19-20(14)8-3/h18H,6-12H2,1-5H3. The van der Waals surface area contributed by atoms with Crippen molar-refractivity contribution in [3.63, 3.8) is 0 Å². The molecule has 0 amide bonds. The summed E-state index contributed by atoms with van der Waals surface area (Å²) in [5.74, 6) is 0. The van der Waals surface area contributed by atoms with Crippen molar-refractivity contribution in [2.75, 3.05) is 13.6 Å². The van der Waals surface area contributed by atoms with Crippen LogP contribution in [-0.4, -0.2) is 23.4 Å². The molecule has 0 aliphatic rings. The second kappa shape index (κ2) is 8.18. The Bertz CT molecular complexity index is 414. The number of nitrogens with zero attached hydrogens (tertiary/aromatic N) is 2. The van der Waals surface area contributed by atoms with Gasteiger partial charge in [-0.25, -0.2) is 0 Å². The molecule has 0 spiro atoms. The molecule has 0 bridgehead atoms. The van der Waals surface area contributed by atoms with E-state index in [1.165, 1.54) is 35.8 Å². The zero-order valence-electron chi connectivity index (χ0n) is 13.7. The predicted octanol–water partition coefficient (Wildman–Crippen LogP) is 4.32. The van der Waals surface area contributed by atoms with Crippen LogP contribution in [0.15, 0.2) is 4.47 Å². The van der Waals surface area contributed by atoms with Gasteiger partial charge in [0.1, 0.15) is 0 Å². The Morgan fingerprint density at radius 1 is 1.30 bits per heavy atom. The third-order valence-electron chi connectivity index (χ3n) is 4.36. The van der Waals surface area contributed by atoms with Crippen LogP contribution in [0.5, 0.6) is 0 Å². The Morgan fingerprint density at radius 2 is 2.00 bits per heavy atom. The second-order valence-corrected chi connectivity index (χ2v) is 6.62. The van der Waals surface area contributed by atoms with E-state index < -0.39 is 0 Å². The van der Waals surface area contributed by atoms with E-state index in [9.17, 15) is 0 Å². The van der Waals surface area contributed by atoms with Crippen LogP contribution < -0.4 is 5.32 Å². The summed E-state index contributed by atoms with van der Waals surface area (Å²) in [5.41, 5.74) is 2.80. The first-order valence-corrected chi connectivity index (χ1v) is 8.69. The van der Waals surface area contributed by atoms with Crippen molar-refractivity contribution >= 4 is 15.9 Å². The summed E-state index contributed by atoms with van der Waals surface area (Å²) in [6.07, 6.45) is 6.14. The fraction of sp³-hybridized carbons (Fsp3) is 0.812. The number of hydrogen-bond acceptors (Lipinski definition) is 2. The summed E-state index contributed by atoms with van der Waals surface area (Å²) >= 11 is 3.74. The van der Waals surface area contributed by atoms with Crippen LogP contribution in [0, 0.1) is 12.3 Å². The van der Waals surface area contributed by atoms with E-state index in [-0.39, 0.29) is 0 Å². The molecule has 3 nitrogen and oxygen atoms in total. The summed E-state index contributed by atoms with van der Waals surface area (Å²) < 4.78 is 3.36. The lowest BCUT2D eigenvalue weighted by molar-refractivity contribution is 0.229. The molecule has 0 aliphatic heterocycles. The van der Waals surface area contributed by atoms with Crippen molar-refractivity contribution in [3.05, 3.63) is 15.9 Å². The van der Waals surface area contributed by atoms with Gasteiger partial charge in [0.15, 0.2) is 0 Å². The fourth-order valence-electron chi connectivity index (χ4n) is 2.99. The summed E-state index contributed by atoms with van der Waals surface area (Å²) in [6.45, 7) is 10.9. The van der Waals surface area contributed by atoms with Gasteiger partial charge in [0.25, 0.3) is 0 Å². The number of nitrogens with one attached hydrogen (secondary N) is 1. The molecule has 0 aliphatic carbocycles. The molecule has 0 radical (unpaired) electrons. The Kier molecular flexibility index (Phi) is 7.24. The Hall–Kier alpha value is -0.350. The molecule has 1 heterocycles. The van der Waals surface area contributed by atoms with Crippen LogP contribution >= 0.6 is 15.9 Å². The molecule has 0 fully saturated rings. The molecule has 116 valence electrons. The van der Waals surface area contributed by atoms with Gasteiger partial charge in [-0.2, -0.15) is 5.10 Å². The normalized spacial score (nSPS) is 14.5. The SMILES string of the molecule is CCCCC(CC)(CNC)Cc1c(Br)c(C)nn1CC. The van der Waals surface area contributed by atoms with Crippen molar-refractivity contribution in [1.82, 2.24) is 15.1 Å². The average molecular weight is 344 g/mol. The highest BCUT2D eigenvalue weighted by atomic mass is 79.9. The van der Waals surface area contributed by atoms with Gasteiger partial charge in [0.2, 0.25) is 0 Å². The summed E-state index contributed by atoms with van der Waals surface area (Å²) in [6, 6.07) is 0. The lowest BCUT2D eigenvalue weighted by Crippen LogP contribution is -2.35. The number of rotatable bonds is 9. The molecule has 4 heteroatoms. The maximum absolute atomic E-state index is 4.64. The van der Waals surface area contributed by atoms with Crippen LogP contribution in [0.1, 0.15) is 57.8 Å². The highest BCUT2D eigenvalue weighted by Gasteiger charge is 2.30. The molecule has 1 rings (SSSR count). The van der Waals surface area contributed by atoms with Gasteiger partial charge in [-0.1, -0.05) is 26.7 Å². The lowest BCUT2D eigenvalue weighted by Gasteiger charge is -2.33. The minimum atomic E-state index is 0.340. The highest BCUT2D eigenvalue weighted by Crippen LogP contribution is 2.35. The van der Waals surface area contributed by atoms with E-state index in [0.29, 0.717) is 5.41 Å². The van der Waals surface area contributed by atoms with Crippen LogP contribution in [0.25, 0.3) is 0 Å². The van der Waals surface area contributed by atoms with Crippen molar-refractivity contribution in [3.8, 4) is 0 Å². The molecule has 1 unspecified atom stereocenters. The fourth-order valence-corrected chi connectivity index (χ4v) is 3.41. The molecule has 1 atom stereocenters. The first-order chi connectivity index (χ1) is 9.53. The Balaban J connectivity index is 3.04. The van der Waals surface area contributed by atoms with Crippen LogP contribution in [-0.2, 0) is 13.0 Å². The molecule has 0 aromatic carbocycles. The quantitative estimate of drug-likeness (QED) is 0.723. The Morgan fingerprint density at radius 3 is 2.50 bits per heavy atom. The monoisotopic (exact) mass is 343 g/mol. The topological polar surface area (TPSA) is 29.9 Å². The van der Waals surface area contributed by atoms with Gasteiger partial charge in [-0.05, 0) is 61.5 Å². The van der Waals surface area contributed by atoms with Gasteiger partial charge in [0.05, 0.1) is 15.9 Å². The van der Waals surface area contributed by atoms with E-state index in [2.05, 4.69) is 65.8 Å². The summed E-state index contributed by atoms with van der Waals surface area (Å²) in [7, 11) is 2.06. The van der Waals surface area contributed by atoms with Crippen molar-refractivity contribution < 1.29 is 0 Å². The molecular weight excluding hydrogens is 314 g/mol. The summed E-state index contributed by atoms with van der Waals surface area (Å²) in [5, 5.41) is 8.04. The van der Waals surface area contributed by atoms with E-state index in [1.807, 2.05) is 0 Å². The van der Waals surface area contributed by atoms with E-state index in [1.54, 1.807) is 0 Å².